The van der Waals surface area contributed by atoms with E-state index < -0.39 is 20.8 Å². The molecule has 0 amide bonds. The fourth-order valence-corrected chi connectivity index (χ4v) is 7.36. The number of halogens is 2. The van der Waals surface area contributed by atoms with Gasteiger partial charge < -0.3 is 0 Å². The average molecular weight is 883 g/mol. The van der Waals surface area contributed by atoms with E-state index in [1.54, 1.807) is 0 Å². The molecule has 0 N–H and O–H groups in total. The number of fused-ring (bicyclic) bond motifs is 2. The van der Waals surface area contributed by atoms with Gasteiger partial charge in [0.15, 0.2) is 0 Å². The Hall–Kier alpha value is -2.22. The van der Waals surface area contributed by atoms with Crippen LogP contribution in [0.5, 0.6) is 0 Å². The standard InChI is InChI=1S/2C25H31.C2H6Si.2ClH.Zr/c2*1-3-5-7-8-11-21-18-23-12-9-13-24(25(23)19-21)22-16-14-20(15-17-22)10-6-4-2;1-3-2;;;/h2*9,12-19H,3-8,10-11H2,1-2H3;1-2H3;2*1H;/q2*-1;;;;+4/p-2. The Morgan fingerprint density at radius 2 is 0.821 bits per heavy atom. The molecule has 0 aliphatic rings. The SMILES string of the molecule is CCCCCCc1cc2c(-c3ccc(CCCC)cc3)cccc2[cH-]1.CCCCCCc1cc2c(-c3ccc(CCCC)cc3)cccc2[cH-]1.C[Si]C.[Cl][Zr+2][Cl]. The molecule has 0 nitrogen and oxygen atoms in total. The third kappa shape index (κ3) is 16.6. The number of rotatable bonds is 18. The van der Waals surface area contributed by atoms with Gasteiger partial charge in [0, 0.05) is 9.52 Å². The van der Waals surface area contributed by atoms with Crippen molar-refractivity contribution in [2.24, 2.45) is 0 Å². The van der Waals surface area contributed by atoms with E-state index in [0.717, 1.165) is 9.52 Å². The van der Waals surface area contributed by atoms with Gasteiger partial charge >= 0.3 is 37.9 Å². The third-order valence-electron chi connectivity index (χ3n) is 10.4. The summed E-state index contributed by atoms with van der Waals surface area (Å²) in [4.78, 5) is 0. The number of hydrogen-bond donors (Lipinski definition) is 0. The van der Waals surface area contributed by atoms with Crippen LogP contribution in [0, 0.1) is 0 Å². The fraction of sp³-hybridized carbons (Fsp3) is 0.423. The minimum atomic E-state index is -0.826. The maximum absolute atomic E-state index is 4.93. The van der Waals surface area contributed by atoms with Crippen LogP contribution in [-0.4, -0.2) is 9.52 Å². The van der Waals surface area contributed by atoms with E-state index in [1.165, 1.54) is 169 Å². The van der Waals surface area contributed by atoms with Crippen LogP contribution in [0.15, 0.2) is 109 Å². The molecule has 0 atom stereocenters. The Bertz CT molecular complexity index is 1740. The van der Waals surface area contributed by atoms with Crippen LogP contribution in [0.2, 0.25) is 13.1 Å². The van der Waals surface area contributed by atoms with Gasteiger partial charge in [0.25, 0.3) is 0 Å². The predicted octanol–water partition coefficient (Wildman–Crippen LogP) is 17.5. The molecule has 298 valence electrons. The van der Waals surface area contributed by atoms with Crippen LogP contribution >= 0.6 is 17.0 Å². The zero-order chi connectivity index (χ0) is 40.4. The van der Waals surface area contributed by atoms with Gasteiger partial charge in [-0.1, -0.05) is 177 Å². The molecule has 56 heavy (non-hydrogen) atoms. The molecule has 0 fully saturated rings. The van der Waals surface area contributed by atoms with Gasteiger partial charge in [-0.15, -0.1) is 69.1 Å². The summed E-state index contributed by atoms with van der Waals surface area (Å²) in [6.45, 7) is 13.4. The molecule has 4 heteroatoms. The molecular weight excluding hydrogens is 815 g/mol. The van der Waals surface area contributed by atoms with Gasteiger partial charge in [-0.3, -0.25) is 0 Å². The van der Waals surface area contributed by atoms with Gasteiger partial charge in [-0.25, -0.2) is 0 Å². The first-order valence-electron chi connectivity index (χ1n) is 21.6. The van der Waals surface area contributed by atoms with Crippen molar-refractivity contribution in [2.45, 2.75) is 144 Å². The van der Waals surface area contributed by atoms with Crippen LogP contribution in [0.4, 0.5) is 0 Å². The average Bonchev–Trinajstić information content (AvgIpc) is 3.85. The maximum atomic E-state index is 4.93. The molecule has 0 heterocycles. The van der Waals surface area contributed by atoms with Crippen LogP contribution in [0.3, 0.4) is 0 Å². The van der Waals surface area contributed by atoms with E-state index in [1.807, 2.05) is 0 Å². The summed E-state index contributed by atoms with van der Waals surface area (Å²) in [6.07, 6.45) is 20.5. The molecule has 6 rings (SSSR count). The van der Waals surface area contributed by atoms with E-state index >= 15 is 0 Å². The number of unbranched alkanes of at least 4 members (excludes halogenated alkanes) is 8. The fourth-order valence-electron chi connectivity index (χ4n) is 7.36. The number of aryl methyl sites for hydroxylation is 4. The Balaban J connectivity index is 0.000000264. The first kappa shape index (κ1) is 48.2. The van der Waals surface area contributed by atoms with Crippen LogP contribution < -0.4 is 0 Å². The van der Waals surface area contributed by atoms with Gasteiger partial charge in [0.05, 0.1) is 0 Å². The van der Waals surface area contributed by atoms with Crippen molar-refractivity contribution >= 4 is 48.1 Å². The van der Waals surface area contributed by atoms with Crippen LogP contribution in [-0.2, 0) is 46.5 Å². The quantitative estimate of drug-likeness (QED) is 0.0458. The molecular formula is C52H68Cl2SiZr. The van der Waals surface area contributed by atoms with Gasteiger partial charge in [-0.05, 0) is 60.8 Å². The van der Waals surface area contributed by atoms with Crippen LogP contribution in [0.25, 0.3) is 43.8 Å². The summed E-state index contributed by atoms with van der Waals surface area (Å²) >= 11 is -0.826. The zero-order valence-corrected chi connectivity index (χ0v) is 40.4. The second-order valence-electron chi connectivity index (χ2n) is 15.1. The van der Waals surface area contributed by atoms with E-state index in [9.17, 15) is 0 Å². The first-order chi connectivity index (χ1) is 27.5. The Labute approximate surface area is 363 Å². The van der Waals surface area contributed by atoms with Crippen molar-refractivity contribution < 1.29 is 20.8 Å². The van der Waals surface area contributed by atoms with E-state index in [4.69, 9.17) is 17.0 Å². The molecule has 6 aromatic carbocycles. The van der Waals surface area contributed by atoms with E-state index in [0.29, 0.717) is 0 Å². The molecule has 0 bridgehead atoms. The third-order valence-corrected chi connectivity index (χ3v) is 10.4. The Morgan fingerprint density at radius 1 is 0.464 bits per heavy atom. The Kier molecular flexibility index (Phi) is 25.0. The van der Waals surface area contributed by atoms with Crippen molar-refractivity contribution in [1.82, 2.24) is 0 Å². The second-order valence-corrected chi connectivity index (χ2v) is 19.9. The first-order valence-corrected chi connectivity index (χ1v) is 29.9. The topological polar surface area (TPSA) is 0 Å². The summed E-state index contributed by atoms with van der Waals surface area (Å²) in [7, 11) is 11.0. The molecule has 2 radical (unpaired) electrons. The second kappa shape index (κ2) is 29.1. The van der Waals surface area contributed by atoms with Gasteiger partial charge in [0.1, 0.15) is 0 Å². The number of hydrogen-bond acceptors (Lipinski definition) is 0. The summed E-state index contributed by atoms with van der Waals surface area (Å²) in [5.74, 6) is 0. The molecule has 0 unspecified atom stereocenters. The zero-order valence-electron chi connectivity index (χ0n) is 35.5. The van der Waals surface area contributed by atoms with E-state index in [2.05, 4.69) is 150 Å². The summed E-state index contributed by atoms with van der Waals surface area (Å²) in [6, 6.07) is 41.5. The Morgan fingerprint density at radius 3 is 1.16 bits per heavy atom. The molecule has 0 saturated heterocycles. The van der Waals surface area contributed by atoms with Crippen molar-refractivity contribution in [3.8, 4) is 22.3 Å². The minimum absolute atomic E-state index is 0.826. The molecule has 0 saturated carbocycles. The molecule has 0 aliphatic heterocycles. The van der Waals surface area contributed by atoms with Gasteiger partial charge in [0.2, 0.25) is 0 Å². The van der Waals surface area contributed by atoms with Crippen LogP contribution in [0.1, 0.15) is 127 Å². The molecule has 0 spiro atoms. The van der Waals surface area contributed by atoms with E-state index in [-0.39, 0.29) is 0 Å². The predicted molar refractivity (Wildman–Crippen MR) is 252 cm³/mol. The number of benzene rings is 4. The van der Waals surface area contributed by atoms with Gasteiger partial charge in [-0.2, -0.15) is 12.1 Å². The normalized spacial score (nSPS) is 10.6. The molecule has 6 aromatic rings. The van der Waals surface area contributed by atoms with Crippen molar-refractivity contribution in [2.75, 3.05) is 0 Å². The molecule has 0 aliphatic carbocycles. The summed E-state index contributed by atoms with van der Waals surface area (Å²) < 4.78 is 0. The van der Waals surface area contributed by atoms with Crippen molar-refractivity contribution in [1.29, 1.82) is 0 Å². The van der Waals surface area contributed by atoms with Crippen molar-refractivity contribution in [3.05, 3.63) is 131 Å². The summed E-state index contributed by atoms with van der Waals surface area (Å²) in [5, 5.41) is 5.60. The summed E-state index contributed by atoms with van der Waals surface area (Å²) in [5.41, 5.74) is 11.3. The molecule has 0 aromatic heterocycles. The van der Waals surface area contributed by atoms with Crippen molar-refractivity contribution in [3.63, 3.8) is 0 Å². The monoisotopic (exact) mass is 880 g/mol.